The van der Waals surface area contributed by atoms with Crippen molar-refractivity contribution < 1.29 is 13.2 Å². The van der Waals surface area contributed by atoms with E-state index < -0.39 is 10.0 Å². The van der Waals surface area contributed by atoms with Gasteiger partial charge < -0.3 is 10.6 Å². The third kappa shape index (κ3) is 5.31. The van der Waals surface area contributed by atoms with E-state index in [1.54, 1.807) is 12.1 Å². The highest BCUT2D eigenvalue weighted by atomic mass is 32.2. The fourth-order valence-corrected chi connectivity index (χ4v) is 3.42. The minimum atomic E-state index is -3.70. The van der Waals surface area contributed by atoms with E-state index in [-0.39, 0.29) is 10.8 Å². The molecule has 2 rings (SSSR count). The molecule has 3 N–H and O–H groups in total. The van der Waals surface area contributed by atoms with Crippen molar-refractivity contribution in [3.05, 3.63) is 59.2 Å². The number of hydrogen-bond donors (Lipinski definition) is 3. The van der Waals surface area contributed by atoms with Crippen molar-refractivity contribution in [1.29, 1.82) is 0 Å². The maximum atomic E-state index is 12.5. The summed E-state index contributed by atoms with van der Waals surface area (Å²) in [4.78, 5) is 12.1. The van der Waals surface area contributed by atoms with E-state index in [0.717, 1.165) is 24.1 Å². The van der Waals surface area contributed by atoms with Crippen LogP contribution in [0.1, 0.15) is 27.9 Å². The summed E-state index contributed by atoms with van der Waals surface area (Å²) in [6.07, 6.45) is 0.828. The average molecular weight is 375 g/mol. The highest BCUT2D eigenvalue weighted by Gasteiger charge is 2.15. The van der Waals surface area contributed by atoms with Gasteiger partial charge in [-0.2, -0.15) is 0 Å². The Morgan fingerprint density at radius 1 is 0.962 bits per heavy atom. The fraction of sp³-hybridized carbons (Fsp3) is 0.316. The summed E-state index contributed by atoms with van der Waals surface area (Å²) >= 11 is 0. The number of hydrogen-bond acceptors (Lipinski definition) is 4. The third-order valence-corrected chi connectivity index (χ3v) is 5.47. The Hall–Kier alpha value is -2.38. The van der Waals surface area contributed by atoms with Crippen LogP contribution in [0.15, 0.2) is 47.4 Å². The van der Waals surface area contributed by atoms with Crippen LogP contribution in [0.25, 0.3) is 0 Å². The van der Waals surface area contributed by atoms with Gasteiger partial charge in [0, 0.05) is 17.8 Å². The Balaban J connectivity index is 2.06. The standard InChI is InChI=1S/C19H25N3O3S/c1-14-5-8-17(13-15(14)2)22-26(24,25)18-9-6-16(7-10-18)19(23)21-12-4-11-20-3/h5-10,13,20,22H,4,11-12H2,1-3H3,(H,21,23). The topological polar surface area (TPSA) is 87.3 Å². The zero-order valence-corrected chi connectivity index (χ0v) is 16.1. The largest absolute Gasteiger partial charge is 0.352 e. The molecule has 7 heteroatoms. The smallest absolute Gasteiger partial charge is 0.261 e. The predicted molar refractivity (Wildman–Crippen MR) is 104 cm³/mol. The summed E-state index contributed by atoms with van der Waals surface area (Å²) in [7, 11) is -1.85. The first-order chi connectivity index (χ1) is 12.3. The van der Waals surface area contributed by atoms with Gasteiger partial charge in [0.1, 0.15) is 0 Å². The molecule has 0 spiro atoms. The minimum absolute atomic E-state index is 0.113. The van der Waals surface area contributed by atoms with E-state index in [1.807, 2.05) is 27.0 Å². The first-order valence-corrected chi connectivity index (χ1v) is 9.95. The molecular formula is C19H25N3O3S. The Bertz CT molecular complexity index is 862. The molecule has 0 heterocycles. The molecule has 0 aliphatic heterocycles. The highest BCUT2D eigenvalue weighted by Crippen LogP contribution is 2.19. The van der Waals surface area contributed by atoms with Crippen molar-refractivity contribution >= 4 is 21.6 Å². The molecule has 0 fully saturated rings. The molecule has 2 aromatic rings. The number of carbonyl (C=O) groups excluding carboxylic acids is 1. The van der Waals surface area contributed by atoms with E-state index in [0.29, 0.717) is 17.8 Å². The first-order valence-electron chi connectivity index (χ1n) is 8.46. The maximum Gasteiger partial charge on any atom is 0.261 e. The van der Waals surface area contributed by atoms with Crippen LogP contribution in [-0.2, 0) is 10.0 Å². The lowest BCUT2D eigenvalue weighted by atomic mass is 10.1. The van der Waals surface area contributed by atoms with Gasteiger partial charge in [-0.25, -0.2) is 8.42 Å². The lowest BCUT2D eigenvalue weighted by molar-refractivity contribution is 0.0953. The normalized spacial score (nSPS) is 11.2. The van der Waals surface area contributed by atoms with Crippen molar-refractivity contribution in [3.63, 3.8) is 0 Å². The lowest BCUT2D eigenvalue weighted by Gasteiger charge is -2.10. The van der Waals surface area contributed by atoms with Gasteiger partial charge in [-0.05, 0) is 81.4 Å². The molecule has 140 valence electrons. The molecule has 0 saturated carbocycles. The molecule has 0 radical (unpaired) electrons. The molecule has 0 atom stereocenters. The van der Waals surface area contributed by atoms with Crippen LogP contribution in [0.2, 0.25) is 0 Å². The summed E-state index contributed by atoms with van der Waals surface area (Å²) in [5.74, 6) is -0.216. The van der Waals surface area contributed by atoms with Crippen molar-refractivity contribution in [1.82, 2.24) is 10.6 Å². The second kappa shape index (κ2) is 8.82. The number of nitrogens with one attached hydrogen (secondary N) is 3. The summed E-state index contributed by atoms with van der Waals surface area (Å²) in [6.45, 7) is 5.28. The number of aryl methyl sites for hydroxylation is 2. The van der Waals surface area contributed by atoms with Gasteiger partial charge in [-0.15, -0.1) is 0 Å². The van der Waals surface area contributed by atoms with E-state index in [4.69, 9.17) is 0 Å². The monoisotopic (exact) mass is 375 g/mol. The molecule has 1 amide bonds. The second-order valence-corrected chi connectivity index (χ2v) is 7.82. The number of amides is 1. The Labute approximate surface area is 155 Å². The number of carbonyl (C=O) groups is 1. The number of rotatable bonds is 8. The molecule has 0 aliphatic rings. The summed E-state index contributed by atoms with van der Waals surface area (Å²) in [5, 5.41) is 5.81. The zero-order chi connectivity index (χ0) is 19.2. The van der Waals surface area contributed by atoms with E-state index in [1.165, 1.54) is 24.3 Å². The quantitative estimate of drug-likeness (QED) is 0.619. The number of sulfonamides is 1. The molecular weight excluding hydrogens is 350 g/mol. The van der Waals surface area contributed by atoms with Crippen LogP contribution >= 0.6 is 0 Å². The number of anilines is 1. The van der Waals surface area contributed by atoms with Crippen LogP contribution in [-0.4, -0.2) is 34.5 Å². The summed E-state index contributed by atoms with van der Waals surface area (Å²) in [6, 6.07) is 11.3. The van der Waals surface area contributed by atoms with Crippen molar-refractivity contribution in [2.45, 2.75) is 25.2 Å². The van der Waals surface area contributed by atoms with Gasteiger partial charge in [0.2, 0.25) is 0 Å². The van der Waals surface area contributed by atoms with E-state index in [9.17, 15) is 13.2 Å². The maximum absolute atomic E-state index is 12.5. The summed E-state index contributed by atoms with van der Waals surface area (Å²) in [5.41, 5.74) is 3.05. The van der Waals surface area contributed by atoms with Gasteiger partial charge >= 0.3 is 0 Å². The first kappa shape index (κ1) is 19.9. The van der Waals surface area contributed by atoms with Crippen molar-refractivity contribution in [2.75, 3.05) is 24.9 Å². The number of benzene rings is 2. The summed E-state index contributed by atoms with van der Waals surface area (Å²) < 4.78 is 27.6. The second-order valence-electron chi connectivity index (χ2n) is 6.14. The minimum Gasteiger partial charge on any atom is -0.352 e. The van der Waals surface area contributed by atoms with Crippen LogP contribution in [0.5, 0.6) is 0 Å². The van der Waals surface area contributed by atoms with Gasteiger partial charge in [0.15, 0.2) is 0 Å². The Kier molecular flexibility index (Phi) is 6.76. The third-order valence-electron chi connectivity index (χ3n) is 4.08. The lowest BCUT2D eigenvalue weighted by Crippen LogP contribution is -2.26. The Morgan fingerprint density at radius 2 is 1.65 bits per heavy atom. The molecule has 2 aromatic carbocycles. The zero-order valence-electron chi connectivity index (χ0n) is 15.3. The molecule has 0 aliphatic carbocycles. The molecule has 26 heavy (non-hydrogen) atoms. The van der Waals surface area contributed by atoms with Gasteiger partial charge in [0.25, 0.3) is 15.9 Å². The average Bonchev–Trinajstić information content (AvgIpc) is 2.61. The van der Waals surface area contributed by atoms with E-state index in [2.05, 4.69) is 15.4 Å². The molecule has 0 saturated heterocycles. The van der Waals surface area contributed by atoms with Crippen LogP contribution < -0.4 is 15.4 Å². The molecule has 0 bridgehead atoms. The van der Waals surface area contributed by atoms with Gasteiger partial charge in [-0.3, -0.25) is 9.52 Å². The SMILES string of the molecule is CNCCCNC(=O)c1ccc(S(=O)(=O)Nc2ccc(C)c(C)c2)cc1. The fourth-order valence-electron chi connectivity index (χ4n) is 2.37. The van der Waals surface area contributed by atoms with Crippen molar-refractivity contribution in [2.24, 2.45) is 0 Å². The van der Waals surface area contributed by atoms with Crippen LogP contribution in [0, 0.1) is 13.8 Å². The molecule has 0 unspecified atom stereocenters. The molecule has 0 aromatic heterocycles. The van der Waals surface area contributed by atoms with Crippen LogP contribution in [0.4, 0.5) is 5.69 Å². The van der Waals surface area contributed by atoms with Gasteiger partial charge in [0.05, 0.1) is 4.90 Å². The van der Waals surface area contributed by atoms with Crippen LogP contribution in [0.3, 0.4) is 0 Å². The van der Waals surface area contributed by atoms with E-state index >= 15 is 0 Å². The van der Waals surface area contributed by atoms with Crippen molar-refractivity contribution in [3.8, 4) is 0 Å². The highest BCUT2D eigenvalue weighted by molar-refractivity contribution is 7.92. The molecule has 6 nitrogen and oxygen atoms in total. The predicted octanol–water partition coefficient (Wildman–Crippen LogP) is 2.44. The Morgan fingerprint density at radius 3 is 2.27 bits per heavy atom. The van der Waals surface area contributed by atoms with Gasteiger partial charge in [-0.1, -0.05) is 6.07 Å².